The van der Waals surface area contributed by atoms with Gasteiger partial charge in [0.15, 0.2) is 0 Å². The number of hydrogen-bond donors (Lipinski definition) is 0. The standard InChI is InChI=1S/C22H19NSi/c1-24(2,3)16-14-21-11-5-9-19-8-4-10-20(22(19)21)13-12-18-7-6-15-23-17-18/h4-11,15,17H,1-3H3. The third kappa shape index (κ3) is 3.93. The van der Waals surface area contributed by atoms with Gasteiger partial charge in [0.05, 0.1) is 0 Å². The highest BCUT2D eigenvalue weighted by atomic mass is 28.3. The summed E-state index contributed by atoms with van der Waals surface area (Å²) in [6.07, 6.45) is 3.54. The second kappa shape index (κ2) is 6.75. The first-order valence-corrected chi connectivity index (χ1v) is 11.5. The maximum Gasteiger partial charge on any atom is 0.129 e. The number of nitrogens with zero attached hydrogens (tertiary/aromatic N) is 1. The first kappa shape index (κ1) is 16.1. The molecule has 1 nitrogen and oxygen atoms in total. The SMILES string of the molecule is C[Si](C)(C)C#Cc1cccc2cccc(C#Cc3cccnc3)c12. The third-order valence-corrected chi connectivity index (χ3v) is 4.35. The predicted octanol–water partition coefficient (Wildman–Crippen LogP) is 4.86. The summed E-state index contributed by atoms with van der Waals surface area (Å²) in [5.74, 6) is 9.89. The van der Waals surface area contributed by atoms with Crippen molar-refractivity contribution in [1.29, 1.82) is 0 Å². The summed E-state index contributed by atoms with van der Waals surface area (Å²) in [7, 11) is -1.42. The number of fused-ring (bicyclic) bond motifs is 1. The molecule has 0 saturated heterocycles. The van der Waals surface area contributed by atoms with Crippen LogP contribution in [-0.4, -0.2) is 13.1 Å². The quantitative estimate of drug-likeness (QED) is 0.425. The fraction of sp³-hybridized carbons (Fsp3) is 0.136. The summed E-state index contributed by atoms with van der Waals surface area (Å²) in [5, 5.41) is 2.32. The molecule has 0 aliphatic carbocycles. The van der Waals surface area contributed by atoms with Crippen molar-refractivity contribution in [3.05, 3.63) is 77.6 Å². The summed E-state index contributed by atoms with van der Waals surface area (Å²) >= 11 is 0. The van der Waals surface area contributed by atoms with Crippen molar-refractivity contribution in [1.82, 2.24) is 4.98 Å². The van der Waals surface area contributed by atoms with Gasteiger partial charge >= 0.3 is 0 Å². The molecule has 0 aliphatic heterocycles. The lowest BCUT2D eigenvalue weighted by Gasteiger charge is -2.06. The average molecular weight is 325 g/mol. The molecule has 0 fully saturated rings. The molecule has 2 heteroatoms. The summed E-state index contributed by atoms with van der Waals surface area (Å²) < 4.78 is 0. The zero-order valence-corrected chi connectivity index (χ0v) is 15.2. The van der Waals surface area contributed by atoms with Gasteiger partial charge in [-0.2, -0.15) is 0 Å². The van der Waals surface area contributed by atoms with Crippen molar-refractivity contribution in [2.45, 2.75) is 19.6 Å². The van der Waals surface area contributed by atoms with Crippen LogP contribution in [-0.2, 0) is 0 Å². The average Bonchev–Trinajstić information content (AvgIpc) is 2.58. The van der Waals surface area contributed by atoms with Crippen molar-refractivity contribution in [3.63, 3.8) is 0 Å². The second-order valence-corrected chi connectivity index (χ2v) is 11.5. The number of hydrogen-bond acceptors (Lipinski definition) is 1. The Kier molecular flexibility index (Phi) is 4.51. The first-order valence-electron chi connectivity index (χ1n) is 8.00. The van der Waals surface area contributed by atoms with E-state index in [9.17, 15) is 0 Å². The van der Waals surface area contributed by atoms with E-state index in [2.05, 4.69) is 78.3 Å². The lowest BCUT2D eigenvalue weighted by atomic mass is 9.99. The summed E-state index contributed by atoms with van der Waals surface area (Å²) in [6, 6.07) is 16.4. The molecular weight excluding hydrogens is 306 g/mol. The van der Waals surface area contributed by atoms with Gasteiger partial charge in [-0.15, -0.1) is 5.54 Å². The number of pyridine rings is 1. The van der Waals surface area contributed by atoms with Crippen LogP contribution >= 0.6 is 0 Å². The smallest absolute Gasteiger partial charge is 0.129 e. The normalized spacial score (nSPS) is 10.5. The molecule has 0 N–H and O–H groups in total. The van der Waals surface area contributed by atoms with E-state index >= 15 is 0 Å². The fourth-order valence-electron chi connectivity index (χ4n) is 2.38. The molecule has 2 aromatic carbocycles. The van der Waals surface area contributed by atoms with Gasteiger partial charge in [-0.3, -0.25) is 4.98 Å². The van der Waals surface area contributed by atoms with Crippen LogP contribution in [0.15, 0.2) is 60.9 Å². The van der Waals surface area contributed by atoms with Crippen LogP contribution in [0.2, 0.25) is 19.6 Å². The monoisotopic (exact) mass is 325 g/mol. The Morgan fingerprint density at radius 3 is 2.12 bits per heavy atom. The molecule has 1 heterocycles. The van der Waals surface area contributed by atoms with Crippen molar-refractivity contribution >= 4 is 18.8 Å². The van der Waals surface area contributed by atoms with E-state index < -0.39 is 8.07 Å². The highest BCUT2D eigenvalue weighted by Crippen LogP contribution is 2.22. The first-order chi connectivity index (χ1) is 11.5. The van der Waals surface area contributed by atoms with Crippen molar-refractivity contribution < 1.29 is 0 Å². The van der Waals surface area contributed by atoms with Gasteiger partial charge in [0.2, 0.25) is 0 Å². The molecule has 0 unspecified atom stereocenters. The van der Waals surface area contributed by atoms with Gasteiger partial charge in [0.25, 0.3) is 0 Å². The maximum atomic E-state index is 4.11. The van der Waals surface area contributed by atoms with E-state index in [4.69, 9.17) is 0 Å². The van der Waals surface area contributed by atoms with Gasteiger partial charge in [-0.05, 0) is 29.7 Å². The summed E-state index contributed by atoms with van der Waals surface area (Å²) in [4.78, 5) is 4.11. The zero-order chi connectivity index (χ0) is 17.0. The molecule has 0 aliphatic rings. The number of benzene rings is 2. The van der Waals surface area contributed by atoms with E-state index in [0.29, 0.717) is 0 Å². The maximum absolute atomic E-state index is 4.11. The Bertz CT molecular complexity index is 985. The van der Waals surface area contributed by atoms with E-state index in [-0.39, 0.29) is 0 Å². The minimum Gasteiger partial charge on any atom is -0.263 e. The van der Waals surface area contributed by atoms with Crippen LogP contribution in [0.5, 0.6) is 0 Å². The molecule has 0 amide bonds. The molecule has 0 spiro atoms. The molecule has 0 saturated carbocycles. The van der Waals surface area contributed by atoms with Gasteiger partial charge in [-0.1, -0.05) is 61.7 Å². The predicted molar refractivity (Wildman–Crippen MR) is 104 cm³/mol. The van der Waals surface area contributed by atoms with E-state index in [1.807, 2.05) is 18.2 Å². The fourth-order valence-corrected chi connectivity index (χ4v) is 2.89. The molecule has 3 rings (SSSR count). The molecule has 24 heavy (non-hydrogen) atoms. The van der Waals surface area contributed by atoms with Crippen LogP contribution < -0.4 is 0 Å². The summed E-state index contributed by atoms with van der Waals surface area (Å²) in [5.41, 5.74) is 6.45. The van der Waals surface area contributed by atoms with Crippen LogP contribution in [0.3, 0.4) is 0 Å². The topological polar surface area (TPSA) is 12.9 Å². The minimum absolute atomic E-state index is 0.917. The van der Waals surface area contributed by atoms with Crippen LogP contribution in [0.4, 0.5) is 0 Å². The largest absolute Gasteiger partial charge is 0.263 e. The highest BCUT2D eigenvalue weighted by Gasteiger charge is 2.08. The van der Waals surface area contributed by atoms with Gasteiger partial charge in [0.1, 0.15) is 8.07 Å². The van der Waals surface area contributed by atoms with Crippen molar-refractivity contribution in [2.24, 2.45) is 0 Å². The number of rotatable bonds is 0. The van der Waals surface area contributed by atoms with E-state index in [1.165, 1.54) is 5.39 Å². The van der Waals surface area contributed by atoms with Gasteiger partial charge in [0, 0.05) is 34.5 Å². The lowest BCUT2D eigenvalue weighted by molar-refractivity contribution is 1.31. The molecule has 0 bridgehead atoms. The molecule has 3 aromatic rings. The van der Waals surface area contributed by atoms with Crippen LogP contribution in [0, 0.1) is 23.3 Å². The molecule has 0 radical (unpaired) electrons. The lowest BCUT2D eigenvalue weighted by Crippen LogP contribution is -2.16. The minimum atomic E-state index is -1.42. The van der Waals surface area contributed by atoms with Crippen molar-refractivity contribution in [3.8, 4) is 23.3 Å². The molecule has 116 valence electrons. The van der Waals surface area contributed by atoms with Crippen LogP contribution in [0.25, 0.3) is 10.8 Å². The Balaban J connectivity index is 2.15. The van der Waals surface area contributed by atoms with Gasteiger partial charge in [-0.25, -0.2) is 0 Å². The molecule has 0 atom stereocenters. The van der Waals surface area contributed by atoms with E-state index in [0.717, 1.165) is 22.1 Å². The molecular formula is C22H19NSi. The summed E-state index contributed by atoms with van der Waals surface area (Å²) in [6.45, 7) is 6.77. The third-order valence-electron chi connectivity index (χ3n) is 3.48. The Morgan fingerprint density at radius 2 is 1.50 bits per heavy atom. The highest BCUT2D eigenvalue weighted by molar-refractivity contribution is 6.83. The Morgan fingerprint density at radius 1 is 0.792 bits per heavy atom. The van der Waals surface area contributed by atoms with Crippen LogP contribution in [0.1, 0.15) is 16.7 Å². The Hall–Kier alpha value is -2.81. The molecule has 1 aromatic heterocycles. The van der Waals surface area contributed by atoms with Gasteiger partial charge < -0.3 is 0 Å². The second-order valence-electron chi connectivity index (χ2n) is 6.70. The number of aromatic nitrogens is 1. The Labute approximate surface area is 144 Å². The van der Waals surface area contributed by atoms with E-state index in [1.54, 1.807) is 12.4 Å². The zero-order valence-electron chi connectivity index (χ0n) is 14.2. The van der Waals surface area contributed by atoms with Crippen molar-refractivity contribution in [2.75, 3.05) is 0 Å².